The summed E-state index contributed by atoms with van der Waals surface area (Å²) < 4.78 is 5.29. The van der Waals surface area contributed by atoms with Crippen LogP contribution < -0.4 is 10.6 Å². The molecule has 4 nitrogen and oxygen atoms in total. The molecule has 0 radical (unpaired) electrons. The highest BCUT2D eigenvalue weighted by atomic mass is 32.7. The molecule has 2 N–H and O–H groups in total. The molecular formula is C17H27N4PS2. The third kappa shape index (κ3) is 4.41. The van der Waals surface area contributed by atoms with E-state index in [1.165, 1.54) is 25.7 Å². The Morgan fingerprint density at radius 1 is 1.17 bits per heavy atom. The summed E-state index contributed by atoms with van der Waals surface area (Å²) in [5.41, 5.74) is 1.03. The fourth-order valence-corrected chi connectivity index (χ4v) is 8.63. The maximum Gasteiger partial charge on any atom is 0.170 e. The number of thiocarbonyl (C=S) groups is 1. The van der Waals surface area contributed by atoms with Crippen molar-refractivity contribution in [2.45, 2.75) is 37.8 Å². The second-order valence-corrected chi connectivity index (χ2v) is 11.0. The average molecular weight is 383 g/mol. The lowest BCUT2D eigenvalue weighted by Crippen LogP contribution is -2.37. The first-order valence-electron chi connectivity index (χ1n) is 8.65. The van der Waals surface area contributed by atoms with E-state index in [1.807, 2.05) is 30.3 Å². The zero-order valence-corrected chi connectivity index (χ0v) is 17.0. The van der Waals surface area contributed by atoms with Crippen molar-refractivity contribution in [3.63, 3.8) is 0 Å². The highest BCUT2D eigenvalue weighted by Crippen LogP contribution is 2.63. The molecule has 0 spiro atoms. The summed E-state index contributed by atoms with van der Waals surface area (Å²) in [7, 11) is 4.42. The van der Waals surface area contributed by atoms with Crippen molar-refractivity contribution in [2.75, 3.05) is 31.7 Å². The third-order valence-corrected chi connectivity index (χ3v) is 10.1. The van der Waals surface area contributed by atoms with Crippen molar-refractivity contribution < 1.29 is 0 Å². The van der Waals surface area contributed by atoms with Gasteiger partial charge in [0.15, 0.2) is 5.11 Å². The maximum atomic E-state index is 5.37. The molecule has 7 heteroatoms. The summed E-state index contributed by atoms with van der Waals surface area (Å²) in [5, 5.41) is 7.25. The number of para-hydroxylation sites is 1. The summed E-state index contributed by atoms with van der Waals surface area (Å²) in [6, 6.07) is 11.6. The van der Waals surface area contributed by atoms with Gasteiger partial charge in [-0.15, -0.1) is 11.4 Å². The van der Waals surface area contributed by atoms with Crippen LogP contribution in [0.2, 0.25) is 0 Å². The number of likely N-dealkylation sites (N-methyl/N-ethyl adjacent to an activating group) is 2. The quantitative estimate of drug-likeness (QED) is 0.453. The standard InChI is InChI=1S/C17H27N4PS2/c1-20-15-10-6-7-11-16(15)21(2)22(20)24-13-12-18-17(23)19-14-8-4-3-5-9-14/h3-5,8-9,15-16H,6-7,10-13H2,1-2H3,(H2,18,19,23)/t15-,16-/m1/s1. The lowest BCUT2D eigenvalue weighted by atomic mass is 9.91. The van der Waals surface area contributed by atoms with Crippen LogP contribution in [0.25, 0.3) is 0 Å². The predicted octanol–water partition coefficient (Wildman–Crippen LogP) is 4.12. The van der Waals surface area contributed by atoms with E-state index in [4.69, 9.17) is 12.2 Å². The molecule has 2 fully saturated rings. The van der Waals surface area contributed by atoms with E-state index in [0.717, 1.165) is 30.1 Å². The zero-order chi connectivity index (χ0) is 16.9. The van der Waals surface area contributed by atoms with Crippen molar-refractivity contribution in [1.82, 2.24) is 14.7 Å². The van der Waals surface area contributed by atoms with Crippen LogP contribution in [0.4, 0.5) is 5.69 Å². The SMILES string of the molecule is CN1[C@@H]2CCCC[C@H]2N(C)P1SCCNC(=S)Nc1ccccc1. The minimum absolute atomic E-state index is 0.217. The molecule has 24 heavy (non-hydrogen) atoms. The van der Waals surface area contributed by atoms with Crippen LogP contribution in [-0.4, -0.2) is 52.9 Å². The van der Waals surface area contributed by atoms with Crippen LogP contribution in [0.1, 0.15) is 25.7 Å². The molecule has 1 aliphatic heterocycles. The molecule has 3 rings (SSSR count). The molecule has 2 aliphatic rings. The highest BCUT2D eigenvalue weighted by molar-refractivity contribution is 8.54. The molecule has 1 aromatic rings. The number of rotatable bonds is 5. The van der Waals surface area contributed by atoms with Gasteiger partial charge in [0.25, 0.3) is 0 Å². The molecule has 132 valence electrons. The van der Waals surface area contributed by atoms with Gasteiger partial charge in [0.05, 0.1) is 0 Å². The normalized spacial score (nSPS) is 25.4. The molecule has 1 saturated heterocycles. The average Bonchev–Trinajstić information content (AvgIpc) is 2.84. The fraction of sp³-hybridized carbons (Fsp3) is 0.588. The van der Waals surface area contributed by atoms with E-state index in [0.29, 0.717) is 5.11 Å². The number of anilines is 1. The summed E-state index contributed by atoms with van der Waals surface area (Å²) in [6.07, 6.45) is 5.53. The Kier molecular flexibility index (Phi) is 6.76. The van der Waals surface area contributed by atoms with E-state index >= 15 is 0 Å². The van der Waals surface area contributed by atoms with Crippen molar-refractivity contribution in [1.29, 1.82) is 0 Å². The first kappa shape index (κ1) is 18.4. The molecule has 2 atom stereocenters. The van der Waals surface area contributed by atoms with E-state index < -0.39 is 0 Å². The molecule has 0 bridgehead atoms. The largest absolute Gasteiger partial charge is 0.362 e. The number of hydrogen-bond donors (Lipinski definition) is 2. The van der Waals surface area contributed by atoms with Crippen LogP contribution in [0.3, 0.4) is 0 Å². The Morgan fingerprint density at radius 2 is 1.79 bits per heavy atom. The predicted molar refractivity (Wildman–Crippen MR) is 112 cm³/mol. The van der Waals surface area contributed by atoms with Gasteiger partial charge in [0.1, 0.15) is 7.42 Å². The van der Waals surface area contributed by atoms with Gasteiger partial charge in [-0.05, 0) is 51.3 Å². The Labute approximate surface area is 156 Å². The van der Waals surface area contributed by atoms with Gasteiger partial charge in [-0.1, -0.05) is 31.0 Å². The number of hydrogen-bond acceptors (Lipinski definition) is 4. The van der Waals surface area contributed by atoms with E-state index in [2.05, 4.69) is 45.5 Å². The van der Waals surface area contributed by atoms with Crippen LogP contribution >= 0.6 is 31.0 Å². The van der Waals surface area contributed by atoms with Crippen LogP contribution in [-0.2, 0) is 0 Å². The van der Waals surface area contributed by atoms with Crippen molar-refractivity contribution in [3.8, 4) is 0 Å². The Balaban J connectivity index is 1.39. The minimum Gasteiger partial charge on any atom is -0.362 e. The molecule has 0 amide bonds. The van der Waals surface area contributed by atoms with Gasteiger partial charge in [-0.2, -0.15) is 0 Å². The van der Waals surface area contributed by atoms with Crippen molar-refractivity contribution >= 4 is 41.8 Å². The number of nitrogens with zero attached hydrogens (tertiary/aromatic N) is 2. The van der Waals surface area contributed by atoms with Crippen molar-refractivity contribution in [2.24, 2.45) is 0 Å². The second-order valence-electron chi connectivity index (χ2n) is 6.40. The summed E-state index contributed by atoms with van der Waals surface area (Å²) in [5.74, 6) is 1.08. The van der Waals surface area contributed by atoms with Crippen LogP contribution in [0, 0.1) is 0 Å². The molecule has 1 heterocycles. The molecule has 0 aromatic heterocycles. The summed E-state index contributed by atoms with van der Waals surface area (Å²) >= 11 is 7.45. The van der Waals surface area contributed by atoms with E-state index in [9.17, 15) is 0 Å². The monoisotopic (exact) mass is 382 g/mol. The van der Waals surface area contributed by atoms with Crippen LogP contribution in [0.15, 0.2) is 30.3 Å². The van der Waals surface area contributed by atoms with Gasteiger partial charge >= 0.3 is 0 Å². The third-order valence-electron chi connectivity index (χ3n) is 4.82. The first-order chi connectivity index (χ1) is 11.7. The maximum absolute atomic E-state index is 5.37. The molecule has 0 unspecified atom stereocenters. The Morgan fingerprint density at radius 3 is 2.42 bits per heavy atom. The van der Waals surface area contributed by atoms with Gasteiger partial charge in [0.2, 0.25) is 0 Å². The highest BCUT2D eigenvalue weighted by Gasteiger charge is 2.44. The lowest BCUT2D eigenvalue weighted by Gasteiger charge is -2.29. The molecule has 1 aliphatic carbocycles. The minimum atomic E-state index is -0.217. The zero-order valence-electron chi connectivity index (χ0n) is 14.4. The van der Waals surface area contributed by atoms with Gasteiger partial charge in [-0.25, -0.2) is 0 Å². The molecular weight excluding hydrogens is 355 g/mol. The fourth-order valence-electron chi connectivity index (χ4n) is 3.61. The summed E-state index contributed by atoms with van der Waals surface area (Å²) in [6.45, 7) is 0.902. The lowest BCUT2D eigenvalue weighted by molar-refractivity contribution is 0.233. The smallest absolute Gasteiger partial charge is 0.170 e. The topological polar surface area (TPSA) is 30.5 Å². The van der Waals surface area contributed by atoms with E-state index in [-0.39, 0.29) is 7.42 Å². The number of fused-ring (bicyclic) bond motifs is 1. The van der Waals surface area contributed by atoms with Gasteiger partial charge in [0, 0.05) is 30.1 Å². The number of nitrogens with one attached hydrogen (secondary N) is 2. The molecule has 1 aromatic carbocycles. The van der Waals surface area contributed by atoms with Gasteiger partial charge in [-0.3, -0.25) is 9.34 Å². The Hall–Kier alpha value is -0.390. The second kappa shape index (κ2) is 8.81. The van der Waals surface area contributed by atoms with E-state index in [1.54, 1.807) is 0 Å². The van der Waals surface area contributed by atoms with Crippen molar-refractivity contribution in [3.05, 3.63) is 30.3 Å². The Bertz CT molecular complexity index is 527. The summed E-state index contributed by atoms with van der Waals surface area (Å²) in [4.78, 5) is 0. The number of benzene rings is 1. The molecule has 1 saturated carbocycles. The first-order valence-corrected chi connectivity index (χ1v) is 11.9. The van der Waals surface area contributed by atoms with Gasteiger partial charge < -0.3 is 10.6 Å². The van der Waals surface area contributed by atoms with Crippen LogP contribution in [0.5, 0.6) is 0 Å².